The number of hydrogen-bond acceptors (Lipinski definition) is 6. The Kier molecular flexibility index (Phi) is 3.91. The third-order valence-electron chi connectivity index (χ3n) is 3.68. The van der Waals surface area contributed by atoms with E-state index in [4.69, 9.17) is 5.73 Å². The van der Waals surface area contributed by atoms with Gasteiger partial charge in [0, 0.05) is 28.1 Å². The molecule has 0 aliphatic carbocycles. The first-order valence-electron chi connectivity index (χ1n) is 6.80. The number of rotatable bonds is 3. The van der Waals surface area contributed by atoms with Crippen LogP contribution in [0.4, 0.5) is 11.4 Å². The molecule has 0 radical (unpaired) electrons. The van der Waals surface area contributed by atoms with Gasteiger partial charge in [0.1, 0.15) is 11.4 Å². The quantitative estimate of drug-likeness (QED) is 0.432. The highest BCUT2D eigenvalue weighted by Crippen LogP contribution is 2.33. The first kappa shape index (κ1) is 15.3. The molecule has 118 valence electrons. The number of nitrogens with one attached hydrogen (secondary N) is 1. The number of benzene rings is 2. The van der Waals surface area contributed by atoms with Crippen LogP contribution in [-0.2, 0) is 0 Å². The fraction of sp³-hybridized carbons (Fsp3) is 0.133. The zero-order valence-corrected chi connectivity index (χ0v) is 13.4. The van der Waals surface area contributed by atoms with Crippen LogP contribution >= 0.6 is 15.9 Å². The Morgan fingerprint density at radius 1 is 1.35 bits per heavy atom. The number of nitrogen functional groups attached to an aromatic ring is 1. The highest BCUT2D eigenvalue weighted by atomic mass is 79.9. The lowest BCUT2D eigenvalue weighted by Gasteiger charge is -2.12. The van der Waals surface area contributed by atoms with Crippen molar-refractivity contribution in [3.63, 3.8) is 0 Å². The van der Waals surface area contributed by atoms with Crippen molar-refractivity contribution in [2.45, 2.75) is 12.5 Å². The number of aromatic hydroxyl groups is 1. The summed E-state index contributed by atoms with van der Waals surface area (Å²) in [7, 11) is 0. The monoisotopic (exact) mass is 376 g/mol. The fourth-order valence-corrected chi connectivity index (χ4v) is 2.84. The summed E-state index contributed by atoms with van der Waals surface area (Å²) in [4.78, 5) is 10.5. The van der Waals surface area contributed by atoms with Gasteiger partial charge in [0.05, 0.1) is 16.7 Å². The maximum Gasteiger partial charge on any atom is 0.292 e. The minimum atomic E-state index is -0.514. The number of halogens is 1. The van der Waals surface area contributed by atoms with E-state index in [1.165, 1.54) is 12.1 Å². The van der Waals surface area contributed by atoms with E-state index in [2.05, 4.69) is 26.5 Å². The number of hydrogen-bond donors (Lipinski definition) is 3. The van der Waals surface area contributed by atoms with E-state index < -0.39 is 4.92 Å². The molecule has 1 atom stereocenters. The van der Waals surface area contributed by atoms with Crippen LogP contribution in [0.3, 0.4) is 0 Å². The van der Waals surface area contributed by atoms with Crippen LogP contribution in [0.1, 0.15) is 23.6 Å². The van der Waals surface area contributed by atoms with Crippen molar-refractivity contribution in [1.82, 2.24) is 5.43 Å². The summed E-state index contributed by atoms with van der Waals surface area (Å²) in [6, 6.07) is 9.69. The number of hydrazone groups is 1. The molecule has 0 spiro atoms. The number of phenolic OH excluding ortho intramolecular Hbond substituents is 1. The minimum Gasteiger partial charge on any atom is -0.508 e. The van der Waals surface area contributed by atoms with Gasteiger partial charge in [-0.2, -0.15) is 5.10 Å². The van der Waals surface area contributed by atoms with Crippen LogP contribution in [-0.4, -0.2) is 15.7 Å². The molecule has 3 rings (SSSR count). The predicted octanol–water partition coefficient (Wildman–Crippen LogP) is 3.08. The largest absolute Gasteiger partial charge is 0.508 e. The van der Waals surface area contributed by atoms with E-state index in [0.29, 0.717) is 17.7 Å². The van der Waals surface area contributed by atoms with Gasteiger partial charge in [0.2, 0.25) is 0 Å². The van der Waals surface area contributed by atoms with Crippen LogP contribution in [0.15, 0.2) is 46.0 Å². The van der Waals surface area contributed by atoms with Crippen LogP contribution in [0.25, 0.3) is 0 Å². The first-order valence-corrected chi connectivity index (χ1v) is 7.60. The zero-order chi connectivity index (χ0) is 16.6. The molecular weight excluding hydrogens is 364 g/mol. The maximum atomic E-state index is 11.0. The summed E-state index contributed by atoms with van der Waals surface area (Å²) < 4.78 is 0.784. The molecule has 0 saturated heterocycles. The Bertz CT molecular complexity index is 822. The van der Waals surface area contributed by atoms with Crippen molar-refractivity contribution < 1.29 is 10.0 Å². The third-order valence-corrected chi connectivity index (χ3v) is 4.17. The number of nitro benzene ring substituents is 1. The number of nitro groups is 1. The van der Waals surface area contributed by atoms with Crippen LogP contribution in [0, 0.1) is 10.1 Å². The summed E-state index contributed by atoms with van der Waals surface area (Å²) in [5.74, 6) is 0.164. The molecule has 2 aromatic carbocycles. The van der Waals surface area contributed by atoms with Crippen molar-refractivity contribution in [2.24, 2.45) is 5.10 Å². The van der Waals surface area contributed by atoms with E-state index in [9.17, 15) is 15.2 Å². The van der Waals surface area contributed by atoms with Gasteiger partial charge in [-0.05, 0) is 18.2 Å². The van der Waals surface area contributed by atoms with E-state index in [0.717, 1.165) is 10.0 Å². The molecule has 8 heteroatoms. The second-order valence-electron chi connectivity index (χ2n) is 5.18. The topological polar surface area (TPSA) is 114 Å². The second kappa shape index (κ2) is 5.88. The van der Waals surface area contributed by atoms with Gasteiger partial charge >= 0.3 is 0 Å². The summed E-state index contributed by atoms with van der Waals surface area (Å²) in [6.07, 6.45) is 0.510. The van der Waals surface area contributed by atoms with Gasteiger partial charge in [-0.1, -0.05) is 28.1 Å². The summed E-state index contributed by atoms with van der Waals surface area (Å²) in [6.45, 7) is 0. The third kappa shape index (κ3) is 2.98. The molecule has 4 N–H and O–H groups in total. The average molecular weight is 377 g/mol. The fourth-order valence-electron chi connectivity index (χ4n) is 2.50. The van der Waals surface area contributed by atoms with Crippen LogP contribution in [0.5, 0.6) is 5.75 Å². The van der Waals surface area contributed by atoms with Gasteiger partial charge in [0.25, 0.3) is 5.69 Å². The molecule has 23 heavy (non-hydrogen) atoms. The molecule has 0 amide bonds. The van der Waals surface area contributed by atoms with Gasteiger partial charge in [0.15, 0.2) is 0 Å². The highest BCUT2D eigenvalue weighted by Gasteiger charge is 2.25. The SMILES string of the molecule is Nc1ccc(C2=NNC(c3ccc(Br)cc3O)C2)cc1[N+](=O)[O-]. The lowest BCUT2D eigenvalue weighted by molar-refractivity contribution is -0.383. The van der Waals surface area contributed by atoms with Gasteiger partial charge in [-0.25, -0.2) is 0 Å². The van der Waals surface area contributed by atoms with E-state index in [1.807, 2.05) is 6.07 Å². The van der Waals surface area contributed by atoms with Crippen molar-refractivity contribution >= 4 is 33.0 Å². The molecule has 0 aromatic heterocycles. The number of anilines is 1. The molecule has 1 aliphatic rings. The molecule has 1 aliphatic heterocycles. The lowest BCUT2D eigenvalue weighted by atomic mass is 9.98. The second-order valence-corrected chi connectivity index (χ2v) is 6.09. The van der Waals surface area contributed by atoms with Gasteiger partial charge in [-0.15, -0.1) is 0 Å². The maximum absolute atomic E-state index is 11.0. The zero-order valence-electron chi connectivity index (χ0n) is 11.9. The van der Waals surface area contributed by atoms with Crippen molar-refractivity contribution in [1.29, 1.82) is 0 Å². The van der Waals surface area contributed by atoms with E-state index >= 15 is 0 Å². The Balaban J connectivity index is 1.85. The van der Waals surface area contributed by atoms with Crippen molar-refractivity contribution in [3.8, 4) is 5.75 Å². The molecular formula is C15H13BrN4O3. The Labute approximate surface area is 140 Å². The number of nitrogens with two attached hydrogens (primary N) is 1. The summed E-state index contributed by atoms with van der Waals surface area (Å²) in [5, 5.41) is 25.3. The van der Waals surface area contributed by atoms with E-state index in [-0.39, 0.29) is 23.2 Å². The van der Waals surface area contributed by atoms with Crippen LogP contribution in [0.2, 0.25) is 0 Å². The minimum absolute atomic E-state index is 0.118. The van der Waals surface area contributed by atoms with Gasteiger partial charge < -0.3 is 16.3 Å². The number of nitrogens with zero attached hydrogens (tertiary/aromatic N) is 2. The molecule has 7 nitrogen and oxygen atoms in total. The van der Waals surface area contributed by atoms with Crippen molar-refractivity contribution in [2.75, 3.05) is 5.73 Å². The summed E-state index contributed by atoms with van der Waals surface area (Å²) >= 11 is 3.30. The van der Waals surface area contributed by atoms with Crippen molar-refractivity contribution in [3.05, 3.63) is 62.1 Å². The molecule has 0 fully saturated rings. The van der Waals surface area contributed by atoms with Crippen LogP contribution < -0.4 is 11.2 Å². The normalized spacial score (nSPS) is 16.7. The Morgan fingerprint density at radius 2 is 2.13 bits per heavy atom. The smallest absolute Gasteiger partial charge is 0.292 e. The first-order chi connectivity index (χ1) is 11.0. The number of phenols is 1. The Morgan fingerprint density at radius 3 is 2.83 bits per heavy atom. The van der Waals surface area contributed by atoms with Gasteiger partial charge in [-0.3, -0.25) is 10.1 Å². The highest BCUT2D eigenvalue weighted by molar-refractivity contribution is 9.10. The van der Waals surface area contributed by atoms with E-state index in [1.54, 1.807) is 18.2 Å². The standard InChI is InChI=1S/C15H13BrN4O3/c16-9-2-3-10(15(21)6-9)13-7-12(18-19-13)8-1-4-11(17)14(5-8)20(22)23/h1-6,13,19,21H,7,17H2. The molecule has 0 saturated carbocycles. The molecule has 0 bridgehead atoms. The lowest BCUT2D eigenvalue weighted by Crippen LogP contribution is -2.10. The molecule has 1 unspecified atom stereocenters. The summed E-state index contributed by atoms with van der Waals surface area (Å²) in [5.41, 5.74) is 10.6. The molecule has 2 aromatic rings. The average Bonchev–Trinajstić information content (AvgIpc) is 2.97. The predicted molar refractivity (Wildman–Crippen MR) is 90.3 cm³/mol. The molecule has 1 heterocycles. The Hall–Kier alpha value is -2.61.